The van der Waals surface area contributed by atoms with Gasteiger partial charge >= 0.3 is 11.9 Å². The van der Waals surface area contributed by atoms with E-state index in [1.165, 1.54) is 0 Å². The number of rotatable bonds is 6. The molecule has 0 aromatic heterocycles. The molecule has 16 heavy (non-hydrogen) atoms. The number of hydrogen-bond donors (Lipinski definition) is 1. The van der Waals surface area contributed by atoms with E-state index in [9.17, 15) is 9.59 Å². The van der Waals surface area contributed by atoms with E-state index in [0.29, 0.717) is 6.42 Å². The Morgan fingerprint density at radius 3 is 2.38 bits per heavy atom. The average Bonchev–Trinajstić information content (AvgIpc) is 2.18. The van der Waals surface area contributed by atoms with Crippen LogP contribution in [0.15, 0.2) is 0 Å². The highest BCUT2D eigenvalue weighted by atomic mass is 16.5. The van der Waals surface area contributed by atoms with Crippen LogP contribution in [0.5, 0.6) is 0 Å². The van der Waals surface area contributed by atoms with Gasteiger partial charge in [0.05, 0.1) is 12.7 Å². The number of aliphatic carboxylic acids is 1. The number of carbonyl (C=O) groups is 2. The summed E-state index contributed by atoms with van der Waals surface area (Å²) in [5.41, 5.74) is -2.06. The van der Waals surface area contributed by atoms with Crippen LogP contribution in [0, 0.1) is 22.7 Å². The Labute approximate surface area is 95.0 Å². The fourth-order valence-electron chi connectivity index (χ4n) is 1.21. The molecule has 0 spiro atoms. The zero-order valence-electron chi connectivity index (χ0n) is 9.82. The number of esters is 1. The van der Waals surface area contributed by atoms with E-state index in [0.717, 1.165) is 0 Å². The maximum absolute atomic E-state index is 11.5. The molecule has 0 aliphatic carbocycles. The van der Waals surface area contributed by atoms with Crippen molar-refractivity contribution in [3.05, 3.63) is 0 Å². The highest BCUT2D eigenvalue weighted by Gasteiger charge is 2.48. The second kappa shape index (κ2) is 6.11. The summed E-state index contributed by atoms with van der Waals surface area (Å²) in [6.45, 7) is 5.44. The lowest BCUT2D eigenvalue weighted by Gasteiger charge is -2.20. The fraction of sp³-hybridized carbons (Fsp3) is 0.727. The third-order valence-corrected chi connectivity index (χ3v) is 2.28. The van der Waals surface area contributed by atoms with Crippen molar-refractivity contribution < 1.29 is 19.4 Å². The maximum atomic E-state index is 11.5. The minimum Gasteiger partial charge on any atom is -0.480 e. The number of carboxylic acids is 1. The van der Waals surface area contributed by atoms with E-state index >= 15 is 0 Å². The summed E-state index contributed by atoms with van der Waals surface area (Å²) in [5, 5.41) is 17.9. The van der Waals surface area contributed by atoms with Gasteiger partial charge in [0, 0.05) is 0 Å². The summed E-state index contributed by atoms with van der Waals surface area (Å²) in [4.78, 5) is 22.6. The number of carboxylic acid groups (broad SMARTS) is 1. The van der Waals surface area contributed by atoms with E-state index < -0.39 is 17.4 Å². The molecule has 0 aromatic carbocycles. The van der Waals surface area contributed by atoms with Crippen LogP contribution < -0.4 is 0 Å². The lowest BCUT2D eigenvalue weighted by molar-refractivity contribution is -0.164. The number of ether oxygens (including phenoxy) is 1. The molecule has 1 atom stereocenters. The predicted molar refractivity (Wildman–Crippen MR) is 56.4 cm³/mol. The normalized spacial score (nSPS) is 13.9. The van der Waals surface area contributed by atoms with Gasteiger partial charge in [0.2, 0.25) is 5.41 Å². The van der Waals surface area contributed by atoms with E-state index in [1.807, 2.05) is 13.8 Å². The molecule has 0 aromatic rings. The van der Waals surface area contributed by atoms with Crippen molar-refractivity contribution in [2.45, 2.75) is 33.6 Å². The van der Waals surface area contributed by atoms with Crippen LogP contribution in [0.1, 0.15) is 33.6 Å². The van der Waals surface area contributed by atoms with Crippen LogP contribution in [0.3, 0.4) is 0 Å². The highest BCUT2D eigenvalue weighted by Crippen LogP contribution is 2.27. The lowest BCUT2D eigenvalue weighted by Crippen LogP contribution is -2.39. The van der Waals surface area contributed by atoms with Crippen LogP contribution in [0.4, 0.5) is 0 Å². The molecular weight excluding hydrogens is 210 g/mol. The largest absolute Gasteiger partial charge is 0.480 e. The molecule has 0 rings (SSSR count). The van der Waals surface area contributed by atoms with Crippen molar-refractivity contribution in [3.63, 3.8) is 0 Å². The molecule has 0 aliphatic heterocycles. The monoisotopic (exact) mass is 227 g/mol. The van der Waals surface area contributed by atoms with Gasteiger partial charge in [-0.2, -0.15) is 5.26 Å². The van der Waals surface area contributed by atoms with Gasteiger partial charge in [-0.3, -0.25) is 0 Å². The summed E-state index contributed by atoms with van der Waals surface area (Å²) in [5.74, 6) is -2.18. The summed E-state index contributed by atoms with van der Waals surface area (Å²) in [7, 11) is 0. The van der Waals surface area contributed by atoms with E-state index in [4.69, 9.17) is 10.4 Å². The fourth-order valence-corrected chi connectivity index (χ4v) is 1.21. The second-order valence-corrected chi connectivity index (χ2v) is 3.98. The third-order valence-electron chi connectivity index (χ3n) is 2.28. The highest BCUT2D eigenvalue weighted by molar-refractivity contribution is 6.02. The zero-order chi connectivity index (χ0) is 12.8. The van der Waals surface area contributed by atoms with Crippen molar-refractivity contribution in [2.75, 3.05) is 6.61 Å². The molecule has 0 saturated carbocycles. The van der Waals surface area contributed by atoms with E-state index in [2.05, 4.69) is 4.74 Å². The Hall–Kier alpha value is -1.57. The van der Waals surface area contributed by atoms with Crippen LogP contribution in [-0.4, -0.2) is 23.7 Å². The predicted octanol–water partition coefficient (Wildman–Crippen LogP) is 1.58. The van der Waals surface area contributed by atoms with Gasteiger partial charge in [0.15, 0.2) is 0 Å². The first-order valence-electron chi connectivity index (χ1n) is 5.22. The molecule has 0 amide bonds. The smallest absolute Gasteiger partial charge is 0.338 e. The van der Waals surface area contributed by atoms with Crippen molar-refractivity contribution in [3.8, 4) is 6.07 Å². The maximum Gasteiger partial charge on any atom is 0.338 e. The molecular formula is C11H17NO4. The van der Waals surface area contributed by atoms with Crippen LogP contribution >= 0.6 is 0 Å². The van der Waals surface area contributed by atoms with E-state index in [-0.39, 0.29) is 18.9 Å². The number of carbonyl (C=O) groups excluding carboxylic acids is 1. The van der Waals surface area contributed by atoms with Gasteiger partial charge < -0.3 is 9.84 Å². The molecule has 0 radical (unpaired) electrons. The number of hydrogen-bond acceptors (Lipinski definition) is 4. The molecule has 1 N–H and O–H groups in total. The Kier molecular flexibility index (Phi) is 5.51. The van der Waals surface area contributed by atoms with Crippen molar-refractivity contribution in [2.24, 2.45) is 11.3 Å². The first kappa shape index (κ1) is 14.4. The van der Waals surface area contributed by atoms with Crippen molar-refractivity contribution in [1.82, 2.24) is 0 Å². The molecule has 0 aliphatic rings. The van der Waals surface area contributed by atoms with Crippen LogP contribution in [-0.2, 0) is 14.3 Å². The third kappa shape index (κ3) is 3.23. The van der Waals surface area contributed by atoms with Gasteiger partial charge in [0.25, 0.3) is 0 Å². The first-order valence-corrected chi connectivity index (χ1v) is 5.22. The van der Waals surface area contributed by atoms with Crippen molar-refractivity contribution >= 4 is 11.9 Å². The molecule has 1 unspecified atom stereocenters. The molecule has 0 fully saturated rings. The van der Waals surface area contributed by atoms with Gasteiger partial charge in [-0.25, -0.2) is 9.59 Å². The van der Waals surface area contributed by atoms with E-state index in [1.54, 1.807) is 13.0 Å². The number of nitrogens with zero attached hydrogens (tertiary/aromatic N) is 1. The molecule has 0 saturated heterocycles. The molecule has 90 valence electrons. The van der Waals surface area contributed by atoms with Crippen LogP contribution in [0.25, 0.3) is 0 Å². The molecule has 0 bridgehead atoms. The second-order valence-electron chi connectivity index (χ2n) is 3.98. The molecule has 0 heterocycles. The average molecular weight is 227 g/mol. The Morgan fingerprint density at radius 2 is 2.06 bits per heavy atom. The summed E-state index contributed by atoms with van der Waals surface area (Å²) < 4.78 is 4.65. The van der Waals surface area contributed by atoms with Gasteiger partial charge in [-0.15, -0.1) is 0 Å². The van der Waals surface area contributed by atoms with Gasteiger partial charge in [0.1, 0.15) is 0 Å². The van der Waals surface area contributed by atoms with Gasteiger partial charge in [-0.1, -0.05) is 13.8 Å². The Bertz CT molecular complexity index is 306. The summed E-state index contributed by atoms with van der Waals surface area (Å²) >= 11 is 0. The Morgan fingerprint density at radius 1 is 1.50 bits per heavy atom. The standard InChI is InChI=1S/C11H17NO4/c1-4-16-10(15)11(7-12,9(13)14)6-5-8(2)3/h8H,4-6H2,1-3H3,(H,13,14). The summed E-state index contributed by atoms with van der Waals surface area (Å²) in [6.07, 6.45) is 0.466. The first-order chi connectivity index (χ1) is 7.40. The summed E-state index contributed by atoms with van der Waals surface area (Å²) in [6, 6.07) is 1.58. The van der Waals surface area contributed by atoms with Gasteiger partial charge in [-0.05, 0) is 25.7 Å². The minimum absolute atomic E-state index is 0.0185. The zero-order valence-corrected chi connectivity index (χ0v) is 9.82. The molecule has 5 heteroatoms. The topological polar surface area (TPSA) is 87.4 Å². The number of nitriles is 1. The quantitative estimate of drug-likeness (QED) is 0.549. The Balaban J connectivity index is 4.95. The lowest BCUT2D eigenvalue weighted by atomic mass is 9.83. The SMILES string of the molecule is CCOC(=O)C(C#N)(CCC(C)C)C(=O)O. The van der Waals surface area contributed by atoms with Crippen LogP contribution in [0.2, 0.25) is 0 Å². The van der Waals surface area contributed by atoms with Crippen molar-refractivity contribution in [1.29, 1.82) is 5.26 Å². The molecule has 5 nitrogen and oxygen atoms in total. The minimum atomic E-state index is -2.06.